The maximum Gasteiger partial charge on any atom is 0.194 e. The normalized spacial score (nSPS) is 14.0. The highest BCUT2D eigenvalue weighted by molar-refractivity contribution is 5.80. The summed E-state index contributed by atoms with van der Waals surface area (Å²) in [4.78, 5) is 11.4. The zero-order valence-corrected chi connectivity index (χ0v) is 16.4. The Morgan fingerprint density at radius 3 is 2.79 bits per heavy atom. The van der Waals surface area contributed by atoms with Gasteiger partial charge >= 0.3 is 0 Å². The number of nitrogens with one attached hydrogen (secondary N) is 1. The first-order valence-corrected chi connectivity index (χ1v) is 9.95. The summed E-state index contributed by atoms with van der Waals surface area (Å²) < 4.78 is 2.08. The molecule has 1 aromatic heterocycles. The van der Waals surface area contributed by atoms with Gasteiger partial charge in [0.1, 0.15) is 0 Å². The van der Waals surface area contributed by atoms with E-state index >= 15 is 0 Å². The van der Waals surface area contributed by atoms with Crippen molar-refractivity contribution < 1.29 is 0 Å². The predicted octanol–water partition coefficient (Wildman–Crippen LogP) is 3.46. The number of aromatic nitrogens is 2. The lowest BCUT2D eigenvalue weighted by Gasteiger charge is -2.31. The largest absolute Gasteiger partial charge is 0.356 e. The van der Waals surface area contributed by atoms with Crippen molar-refractivity contribution >= 4 is 5.96 Å². The van der Waals surface area contributed by atoms with Crippen LogP contribution >= 0.6 is 0 Å². The molecule has 0 aliphatic carbocycles. The SMILES string of the molecule is CCNC(=NCc1cccc(Cn2ccnc2)c1)N1CCc2ccccc2C1. The summed E-state index contributed by atoms with van der Waals surface area (Å²) in [5.74, 6) is 0.997. The first-order valence-electron chi connectivity index (χ1n) is 9.95. The molecule has 0 saturated carbocycles. The highest BCUT2D eigenvalue weighted by Gasteiger charge is 2.18. The van der Waals surface area contributed by atoms with Crippen LogP contribution in [-0.2, 0) is 26.1 Å². The summed E-state index contributed by atoms with van der Waals surface area (Å²) in [6.45, 7) is 6.43. The Hall–Kier alpha value is -3.08. The molecular weight excluding hydrogens is 346 g/mol. The van der Waals surface area contributed by atoms with Crippen LogP contribution in [0.4, 0.5) is 0 Å². The molecule has 5 heteroatoms. The minimum absolute atomic E-state index is 0.679. The van der Waals surface area contributed by atoms with Crippen LogP contribution in [0.15, 0.2) is 72.2 Å². The van der Waals surface area contributed by atoms with Gasteiger partial charge in [-0.2, -0.15) is 0 Å². The quantitative estimate of drug-likeness (QED) is 0.550. The molecule has 3 aromatic rings. The molecule has 1 N–H and O–H groups in total. The Kier molecular flexibility index (Phi) is 5.71. The fourth-order valence-corrected chi connectivity index (χ4v) is 3.69. The Labute approximate surface area is 166 Å². The molecule has 0 radical (unpaired) electrons. The maximum absolute atomic E-state index is 4.93. The van der Waals surface area contributed by atoms with Crippen molar-refractivity contribution in [3.63, 3.8) is 0 Å². The summed E-state index contributed by atoms with van der Waals surface area (Å²) in [5.41, 5.74) is 5.36. The molecule has 0 spiro atoms. The van der Waals surface area contributed by atoms with Gasteiger partial charge in [-0.1, -0.05) is 48.5 Å². The van der Waals surface area contributed by atoms with Crippen molar-refractivity contribution in [1.82, 2.24) is 19.8 Å². The Morgan fingerprint density at radius 1 is 1.11 bits per heavy atom. The molecule has 4 rings (SSSR count). The van der Waals surface area contributed by atoms with E-state index in [1.807, 2.05) is 18.7 Å². The van der Waals surface area contributed by atoms with Gasteiger partial charge in [-0.05, 0) is 35.6 Å². The molecule has 0 atom stereocenters. The summed E-state index contributed by atoms with van der Waals surface area (Å²) in [6.07, 6.45) is 6.72. The number of guanidine groups is 1. The second kappa shape index (κ2) is 8.74. The number of nitrogens with zero attached hydrogens (tertiary/aromatic N) is 4. The molecule has 0 bridgehead atoms. The van der Waals surface area contributed by atoms with E-state index in [0.717, 1.165) is 38.6 Å². The van der Waals surface area contributed by atoms with E-state index in [-0.39, 0.29) is 0 Å². The Bertz CT molecular complexity index is 930. The molecule has 1 aliphatic rings. The molecule has 0 unspecified atom stereocenters. The maximum atomic E-state index is 4.93. The van der Waals surface area contributed by atoms with Crippen molar-refractivity contribution in [2.24, 2.45) is 4.99 Å². The first kappa shape index (κ1) is 18.3. The highest BCUT2D eigenvalue weighted by atomic mass is 15.3. The van der Waals surface area contributed by atoms with E-state index in [2.05, 4.69) is 75.2 Å². The molecule has 0 saturated heterocycles. The molecule has 2 heterocycles. The third kappa shape index (κ3) is 4.42. The second-order valence-electron chi connectivity index (χ2n) is 7.17. The number of hydrogen-bond acceptors (Lipinski definition) is 2. The monoisotopic (exact) mass is 373 g/mol. The van der Waals surface area contributed by atoms with E-state index in [0.29, 0.717) is 6.54 Å². The minimum Gasteiger partial charge on any atom is -0.356 e. The highest BCUT2D eigenvalue weighted by Crippen LogP contribution is 2.18. The van der Waals surface area contributed by atoms with Crippen molar-refractivity contribution in [2.75, 3.05) is 13.1 Å². The van der Waals surface area contributed by atoms with Crippen molar-refractivity contribution in [3.05, 3.63) is 89.5 Å². The van der Waals surface area contributed by atoms with Crippen molar-refractivity contribution in [2.45, 2.75) is 33.0 Å². The minimum atomic E-state index is 0.679. The van der Waals surface area contributed by atoms with E-state index in [1.165, 1.54) is 22.3 Å². The topological polar surface area (TPSA) is 45.5 Å². The third-order valence-corrected chi connectivity index (χ3v) is 5.09. The molecule has 2 aromatic carbocycles. The van der Waals surface area contributed by atoms with Crippen molar-refractivity contribution in [3.8, 4) is 0 Å². The van der Waals surface area contributed by atoms with E-state index in [9.17, 15) is 0 Å². The van der Waals surface area contributed by atoms with Crippen LogP contribution in [0, 0.1) is 0 Å². The summed E-state index contributed by atoms with van der Waals surface area (Å²) in [6, 6.07) is 17.4. The van der Waals surface area contributed by atoms with Gasteiger partial charge in [0, 0.05) is 38.6 Å². The smallest absolute Gasteiger partial charge is 0.194 e. The van der Waals surface area contributed by atoms with Crippen LogP contribution in [-0.4, -0.2) is 33.5 Å². The third-order valence-electron chi connectivity index (χ3n) is 5.09. The molecule has 144 valence electrons. The van der Waals surface area contributed by atoms with Gasteiger partial charge < -0.3 is 14.8 Å². The molecule has 0 amide bonds. The summed E-state index contributed by atoms with van der Waals surface area (Å²) >= 11 is 0. The van der Waals surface area contributed by atoms with E-state index in [1.54, 1.807) is 0 Å². The lowest BCUT2D eigenvalue weighted by Crippen LogP contribution is -2.44. The Balaban J connectivity index is 1.47. The van der Waals surface area contributed by atoms with Gasteiger partial charge in [-0.25, -0.2) is 9.98 Å². The van der Waals surface area contributed by atoms with Gasteiger partial charge in [-0.15, -0.1) is 0 Å². The molecule has 1 aliphatic heterocycles. The van der Waals surface area contributed by atoms with Gasteiger partial charge in [-0.3, -0.25) is 0 Å². The lowest BCUT2D eigenvalue weighted by atomic mass is 10.0. The standard InChI is InChI=1S/C23H27N5/c1-2-25-23(28-12-10-21-8-3-4-9-22(21)17-28)26-15-19-6-5-7-20(14-19)16-27-13-11-24-18-27/h3-9,11,13-14,18H,2,10,12,15-17H2,1H3,(H,25,26). The fraction of sp³-hybridized carbons (Fsp3) is 0.304. The average molecular weight is 374 g/mol. The molecule has 5 nitrogen and oxygen atoms in total. The number of imidazole rings is 1. The molecular formula is C23H27N5. The van der Waals surface area contributed by atoms with Crippen LogP contribution in [0.25, 0.3) is 0 Å². The number of fused-ring (bicyclic) bond motifs is 1. The van der Waals surface area contributed by atoms with Gasteiger partial charge in [0.2, 0.25) is 0 Å². The van der Waals surface area contributed by atoms with Crippen molar-refractivity contribution in [1.29, 1.82) is 0 Å². The number of benzene rings is 2. The first-order chi connectivity index (χ1) is 13.8. The molecule has 0 fully saturated rings. The van der Waals surface area contributed by atoms with E-state index < -0.39 is 0 Å². The summed E-state index contributed by atoms with van der Waals surface area (Å²) in [7, 11) is 0. The van der Waals surface area contributed by atoms with Gasteiger partial charge in [0.25, 0.3) is 0 Å². The Morgan fingerprint density at radius 2 is 1.96 bits per heavy atom. The van der Waals surface area contributed by atoms with Crippen LogP contribution in [0.5, 0.6) is 0 Å². The second-order valence-corrected chi connectivity index (χ2v) is 7.17. The predicted molar refractivity (Wildman–Crippen MR) is 113 cm³/mol. The van der Waals surface area contributed by atoms with Crippen LogP contribution in [0.1, 0.15) is 29.2 Å². The van der Waals surface area contributed by atoms with Gasteiger partial charge in [0.15, 0.2) is 5.96 Å². The lowest BCUT2D eigenvalue weighted by molar-refractivity contribution is 0.378. The van der Waals surface area contributed by atoms with E-state index in [4.69, 9.17) is 4.99 Å². The average Bonchev–Trinajstić information content (AvgIpc) is 3.24. The zero-order valence-electron chi connectivity index (χ0n) is 16.4. The number of aliphatic imine (C=N–C) groups is 1. The summed E-state index contributed by atoms with van der Waals surface area (Å²) in [5, 5.41) is 3.47. The zero-order chi connectivity index (χ0) is 19.2. The number of hydrogen-bond donors (Lipinski definition) is 1. The molecule has 28 heavy (non-hydrogen) atoms. The van der Waals surface area contributed by atoms with Crippen LogP contribution in [0.2, 0.25) is 0 Å². The van der Waals surface area contributed by atoms with Crippen LogP contribution < -0.4 is 5.32 Å². The fourth-order valence-electron chi connectivity index (χ4n) is 3.69. The van der Waals surface area contributed by atoms with Gasteiger partial charge in [0.05, 0.1) is 12.9 Å². The van der Waals surface area contributed by atoms with Crippen LogP contribution in [0.3, 0.4) is 0 Å². The number of rotatable bonds is 5.